The first-order chi connectivity index (χ1) is 12.3. The van der Waals surface area contributed by atoms with Crippen LogP contribution < -0.4 is 5.32 Å². The topological polar surface area (TPSA) is 80.5 Å². The molecule has 0 radical (unpaired) electrons. The van der Waals surface area contributed by atoms with Crippen LogP contribution in [0.15, 0.2) is 36.4 Å². The van der Waals surface area contributed by atoms with Crippen molar-refractivity contribution >= 4 is 11.5 Å². The van der Waals surface area contributed by atoms with Crippen molar-refractivity contribution in [3.05, 3.63) is 47.5 Å². The molecule has 0 unspecified atom stereocenters. The first-order valence-electron chi connectivity index (χ1n) is 8.46. The number of aromatic nitrogens is 5. The minimum atomic E-state index is 0.125. The van der Waals surface area contributed by atoms with Crippen LogP contribution in [0.2, 0.25) is 0 Å². The number of ether oxygens (including phenoxy) is 1. The van der Waals surface area contributed by atoms with E-state index in [9.17, 15) is 0 Å². The summed E-state index contributed by atoms with van der Waals surface area (Å²) in [6.07, 6.45) is 0. The van der Waals surface area contributed by atoms with Gasteiger partial charge in [-0.05, 0) is 35.0 Å². The highest BCUT2D eigenvalue weighted by atomic mass is 16.5. The van der Waals surface area contributed by atoms with E-state index in [1.54, 1.807) is 0 Å². The highest BCUT2D eigenvalue weighted by Gasteiger charge is 2.19. The molecule has 1 aromatic carbocycles. The standard InChI is InChI=1S/C17H21N7O/c1-13-2-4-14(5-3-13)15(12-23-8-10-25-11-9-23)18-16-6-7-17-19-21-22-24(17)20-16/h2-7,15H,8-12H2,1H3,(H,18,20)/t15-/m0/s1. The van der Waals surface area contributed by atoms with E-state index in [1.165, 1.54) is 15.8 Å². The summed E-state index contributed by atoms with van der Waals surface area (Å²) in [6.45, 7) is 6.46. The molecule has 0 aliphatic carbocycles. The molecule has 4 rings (SSSR count). The first-order valence-corrected chi connectivity index (χ1v) is 8.46. The maximum absolute atomic E-state index is 5.46. The lowest BCUT2D eigenvalue weighted by molar-refractivity contribution is 0.0360. The summed E-state index contributed by atoms with van der Waals surface area (Å²) in [4.78, 5) is 2.41. The predicted molar refractivity (Wildman–Crippen MR) is 93.4 cm³/mol. The van der Waals surface area contributed by atoms with Gasteiger partial charge in [0, 0.05) is 19.6 Å². The zero-order valence-electron chi connectivity index (χ0n) is 14.2. The van der Waals surface area contributed by atoms with Crippen LogP contribution in [0.5, 0.6) is 0 Å². The number of benzene rings is 1. The summed E-state index contributed by atoms with van der Waals surface area (Å²) in [6, 6.07) is 12.5. The zero-order valence-corrected chi connectivity index (χ0v) is 14.2. The molecule has 3 aromatic rings. The van der Waals surface area contributed by atoms with E-state index >= 15 is 0 Å². The van der Waals surface area contributed by atoms with Crippen LogP contribution in [0.4, 0.5) is 5.82 Å². The average Bonchev–Trinajstić information content (AvgIpc) is 3.10. The lowest BCUT2D eigenvalue weighted by Gasteiger charge is -2.31. The molecule has 2 aromatic heterocycles. The summed E-state index contributed by atoms with van der Waals surface area (Å²) >= 11 is 0. The van der Waals surface area contributed by atoms with Crippen molar-refractivity contribution in [2.24, 2.45) is 0 Å². The molecule has 1 saturated heterocycles. The number of hydrogen-bond acceptors (Lipinski definition) is 7. The van der Waals surface area contributed by atoms with Crippen LogP contribution in [0.25, 0.3) is 5.65 Å². The van der Waals surface area contributed by atoms with E-state index in [2.05, 4.69) is 62.0 Å². The van der Waals surface area contributed by atoms with Crippen molar-refractivity contribution in [2.45, 2.75) is 13.0 Å². The van der Waals surface area contributed by atoms with Crippen molar-refractivity contribution in [1.29, 1.82) is 0 Å². The van der Waals surface area contributed by atoms with Crippen molar-refractivity contribution in [3.63, 3.8) is 0 Å². The van der Waals surface area contributed by atoms with E-state index in [-0.39, 0.29) is 6.04 Å². The smallest absolute Gasteiger partial charge is 0.200 e. The first kappa shape index (κ1) is 15.9. The van der Waals surface area contributed by atoms with E-state index in [0.717, 1.165) is 38.7 Å². The normalized spacial score (nSPS) is 16.8. The van der Waals surface area contributed by atoms with Gasteiger partial charge in [0.1, 0.15) is 5.82 Å². The third kappa shape index (κ3) is 3.75. The van der Waals surface area contributed by atoms with Gasteiger partial charge >= 0.3 is 0 Å². The molecule has 0 amide bonds. The molecular formula is C17H21N7O. The summed E-state index contributed by atoms with van der Waals surface area (Å²) in [7, 11) is 0. The van der Waals surface area contributed by atoms with E-state index in [4.69, 9.17) is 4.74 Å². The second-order valence-corrected chi connectivity index (χ2v) is 6.27. The van der Waals surface area contributed by atoms with Crippen molar-refractivity contribution in [3.8, 4) is 0 Å². The Balaban J connectivity index is 1.57. The molecule has 25 heavy (non-hydrogen) atoms. The summed E-state index contributed by atoms with van der Waals surface area (Å²) in [5.41, 5.74) is 3.11. The Kier molecular flexibility index (Phi) is 4.53. The number of rotatable bonds is 5. The average molecular weight is 339 g/mol. The van der Waals surface area contributed by atoms with Gasteiger partial charge in [-0.2, -0.15) is 0 Å². The number of hydrogen-bond donors (Lipinski definition) is 1. The molecular weight excluding hydrogens is 318 g/mol. The molecule has 0 spiro atoms. The Morgan fingerprint density at radius 1 is 1.12 bits per heavy atom. The molecule has 1 atom stereocenters. The second kappa shape index (κ2) is 7.12. The van der Waals surface area contributed by atoms with Gasteiger partial charge in [-0.25, -0.2) is 0 Å². The number of nitrogens with zero attached hydrogens (tertiary/aromatic N) is 6. The Labute approximate surface area is 145 Å². The minimum absolute atomic E-state index is 0.125. The van der Waals surface area contributed by atoms with Crippen LogP contribution in [-0.2, 0) is 4.74 Å². The Morgan fingerprint density at radius 3 is 2.72 bits per heavy atom. The predicted octanol–water partition coefficient (Wildman–Crippen LogP) is 1.31. The third-order valence-corrected chi connectivity index (χ3v) is 4.42. The number of tetrazole rings is 1. The number of anilines is 1. The molecule has 0 bridgehead atoms. The van der Waals surface area contributed by atoms with Gasteiger partial charge in [0.05, 0.1) is 19.3 Å². The summed E-state index contributed by atoms with van der Waals surface area (Å²) in [5, 5.41) is 19.4. The SMILES string of the molecule is Cc1ccc([C@H](CN2CCOCC2)Nc2ccc3nnnn3n2)cc1. The maximum atomic E-state index is 5.46. The van der Waals surface area contributed by atoms with Crippen LogP contribution in [0.1, 0.15) is 17.2 Å². The largest absolute Gasteiger partial charge is 0.379 e. The molecule has 1 fully saturated rings. The Morgan fingerprint density at radius 2 is 1.92 bits per heavy atom. The van der Waals surface area contributed by atoms with Gasteiger partial charge < -0.3 is 10.1 Å². The lowest BCUT2D eigenvalue weighted by atomic mass is 10.0. The fourth-order valence-electron chi connectivity index (χ4n) is 2.98. The summed E-state index contributed by atoms with van der Waals surface area (Å²) in [5.74, 6) is 0.749. The van der Waals surface area contributed by atoms with Crippen LogP contribution in [0, 0.1) is 6.92 Å². The molecule has 1 N–H and O–H groups in total. The molecule has 8 heteroatoms. The zero-order chi connectivity index (χ0) is 17.1. The molecule has 3 heterocycles. The van der Waals surface area contributed by atoms with Crippen molar-refractivity contribution in [1.82, 2.24) is 30.2 Å². The number of aryl methyl sites for hydroxylation is 1. The Bertz CT molecular complexity index is 826. The maximum Gasteiger partial charge on any atom is 0.200 e. The minimum Gasteiger partial charge on any atom is -0.379 e. The molecule has 0 saturated carbocycles. The lowest BCUT2D eigenvalue weighted by Crippen LogP contribution is -2.40. The van der Waals surface area contributed by atoms with Gasteiger partial charge in [0.25, 0.3) is 0 Å². The van der Waals surface area contributed by atoms with Crippen molar-refractivity contribution in [2.75, 3.05) is 38.2 Å². The van der Waals surface area contributed by atoms with Crippen LogP contribution in [-0.4, -0.2) is 63.0 Å². The fraction of sp³-hybridized carbons (Fsp3) is 0.412. The summed E-state index contributed by atoms with van der Waals surface area (Å²) < 4.78 is 6.89. The quantitative estimate of drug-likeness (QED) is 0.751. The Hall–Kier alpha value is -2.58. The van der Waals surface area contributed by atoms with E-state index in [1.807, 2.05) is 12.1 Å². The van der Waals surface area contributed by atoms with Crippen LogP contribution >= 0.6 is 0 Å². The van der Waals surface area contributed by atoms with E-state index in [0.29, 0.717) is 5.65 Å². The van der Waals surface area contributed by atoms with Gasteiger partial charge in [0.2, 0.25) is 0 Å². The van der Waals surface area contributed by atoms with Gasteiger partial charge in [-0.1, -0.05) is 29.8 Å². The number of morpholine rings is 1. The van der Waals surface area contributed by atoms with Crippen LogP contribution in [0.3, 0.4) is 0 Å². The molecule has 130 valence electrons. The monoisotopic (exact) mass is 339 g/mol. The molecule has 1 aliphatic rings. The van der Waals surface area contributed by atoms with Gasteiger partial charge in [-0.3, -0.25) is 4.90 Å². The highest BCUT2D eigenvalue weighted by Crippen LogP contribution is 2.21. The fourth-order valence-corrected chi connectivity index (χ4v) is 2.98. The number of fused-ring (bicyclic) bond motifs is 1. The van der Waals surface area contributed by atoms with E-state index < -0.39 is 0 Å². The highest BCUT2D eigenvalue weighted by molar-refractivity contribution is 5.44. The number of nitrogens with one attached hydrogen (secondary N) is 1. The third-order valence-electron chi connectivity index (χ3n) is 4.42. The van der Waals surface area contributed by atoms with Crippen molar-refractivity contribution < 1.29 is 4.74 Å². The van der Waals surface area contributed by atoms with Gasteiger partial charge in [0.15, 0.2) is 5.65 Å². The second-order valence-electron chi connectivity index (χ2n) is 6.27. The van der Waals surface area contributed by atoms with Gasteiger partial charge in [-0.15, -0.1) is 14.8 Å². The molecule has 1 aliphatic heterocycles. The molecule has 8 nitrogen and oxygen atoms in total.